The lowest BCUT2D eigenvalue weighted by molar-refractivity contribution is -0.384. The zero-order valence-corrected chi connectivity index (χ0v) is 16.5. The highest BCUT2D eigenvalue weighted by Crippen LogP contribution is 2.39. The predicted octanol–water partition coefficient (Wildman–Crippen LogP) is 3.52. The SMILES string of the molecule is O=C1C2C(c3ccc([N+](=O)[O-])cc3)=NN(c3ccccc3)C2C(=O)N1c1cccc(F)c1. The van der Waals surface area contributed by atoms with Gasteiger partial charge in [-0.3, -0.25) is 24.7 Å². The van der Waals surface area contributed by atoms with Gasteiger partial charge < -0.3 is 0 Å². The van der Waals surface area contributed by atoms with Gasteiger partial charge in [-0.05, 0) is 48.0 Å². The van der Waals surface area contributed by atoms with Crippen LogP contribution in [0.15, 0.2) is 84.0 Å². The Morgan fingerprint density at radius 2 is 1.56 bits per heavy atom. The summed E-state index contributed by atoms with van der Waals surface area (Å²) >= 11 is 0. The first kappa shape index (κ1) is 19.6. The summed E-state index contributed by atoms with van der Waals surface area (Å²) in [5, 5.41) is 17.1. The average molecular weight is 430 g/mol. The summed E-state index contributed by atoms with van der Waals surface area (Å²) in [6.07, 6.45) is 0. The molecule has 0 spiro atoms. The molecule has 158 valence electrons. The number of hydrazone groups is 1. The molecule has 2 amide bonds. The number of amides is 2. The zero-order valence-electron chi connectivity index (χ0n) is 16.5. The fourth-order valence-electron chi connectivity index (χ4n) is 4.07. The maximum atomic E-state index is 13.8. The van der Waals surface area contributed by atoms with Crippen molar-refractivity contribution in [2.45, 2.75) is 6.04 Å². The van der Waals surface area contributed by atoms with Crippen LogP contribution in [-0.4, -0.2) is 28.5 Å². The van der Waals surface area contributed by atoms with Crippen molar-refractivity contribution < 1.29 is 18.9 Å². The quantitative estimate of drug-likeness (QED) is 0.359. The second-order valence-electron chi connectivity index (χ2n) is 7.38. The van der Waals surface area contributed by atoms with Crippen LogP contribution in [0.3, 0.4) is 0 Å². The van der Waals surface area contributed by atoms with E-state index in [4.69, 9.17) is 0 Å². The van der Waals surface area contributed by atoms with Gasteiger partial charge in [0.2, 0.25) is 5.91 Å². The fourth-order valence-corrected chi connectivity index (χ4v) is 4.07. The molecule has 0 bridgehead atoms. The monoisotopic (exact) mass is 430 g/mol. The molecule has 5 rings (SSSR count). The molecule has 2 atom stereocenters. The number of hydrogen-bond acceptors (Lipinski definition) is 6. The number of anilines is 2. The van der Waals surface area contributed by atoms with Crippen LogP contribution in [0.1, 0.15) is 5.56 Å². The first-order valence-electron chi connectivity index (χ1n) is 9.76. The minimum absolute atomic E-state index is 0.0981. The largest absolute Gasteiger partial charge is 0.273 e. The summed E-state index contributed by atoms with van der Waals surface area (Å²) < 4.78 is 13.8. The second-order valence-corrected chi connectivity index (χ2v) is 7.38. The Balaban J connectivity index is 1.62. The van der Waals surface area contributed by atoms with Gasteiger partial charge in [-0.15, -0.1) is 0 Å². The molecule has 8 nitrogen and oxygen atoms in total. The van der Waals surface area contributed by atoms with Gasteiger partial charge >= 0.3 is 0 Å². The van der Waals surface area contributed by atoms with Crippen molar-refractivity contribution in [1.82, 2.24) is 0 Å². The summed E-state index contributed by atoms with van der Waals surface area (Å²) in [5.74, 6) is -2.55. The van der Waals surface area contributed by atoms with Crippen LogP contribution in [-0.2, 0) is 9.59 Å². The van der Waals surface area contributed by atoms with E-state index >= 15 is 0 Å². The van der Waals surface area contributed by atoms with Gasteiger partial charge in [0, 0.05) is 12.1 Å². The van der Waals surface area contributed by atoms with E-state index in [2.05, 4.69) is 5.10 Å². The Morgan fingerprint density at radius 1 is 0.875 bits per heavy atom. The minimum Gasteiger partial charge on any atom is -0.273 e. The van der Waals surface area contributed by atoms with Gasteiger partial charge in [0.25, 0.3) is 11.6 Å². The Morgan fingerprint density at radius 3 is 2.22 bits per heavy atom. The molecule has 2 heterocycles. The van der Waals surface area contributed by atoms with Crippen molar-refractivity contribution in [1.29, 1.82) is 0 Å². The van der Waals surface area contributed by atoms with E-state index in [1.165, 1.54) is 47.5 Å². The number of benzene rings is 3. The first-order valence-corrected chi connectivity index (χ1v) is 9.76. The maximum absolute atomic E-state index is 13.8. The van der Waals surface area contributed by atoms with Gasteiger partial charge in [-0.1, -0.05) is 24.3 Å². The van der Waals surface area contributed by atoms with Crippen molar-refractivity contribution in [3.8, 4) is 0 Å². The third-order valence-corrected chi connectivity index (χ3v) is 5.51. The second kappa shape index (κ2) is 7.38. The lowest BCUT2D eigenvalue weighted by atomic mass is 9.92. The summed E-state index contributed by atoms with van der Waals surface area (Å²) in [6.45, 7) is 0. The molecule has 1 saturated heterocycles. The standard InChI is InChI=1S/C23H15FN4O4/c24-15-5-4-8-18(13-15)26-22(29)19-20(14-9-11-17(12-10-14)28(31)32)25-27(21(19)23(26)30)16-6-2-1-3-7-16/h1-13,19,21H. The van der Waals surface area contributed by atoms with Crippen molar-refractivity contribution in [2.75, 3.05) is 9.91 Å². The maximum Gasteiger partial charge on any atom is 0.269 e. The van der Waals surface area contributed by atoms with Crippen molar-refractivity contribution in [2.24, 2.45) is 11.0 Å². The molecule has 3 aromatic rings. The highest BCUT2D eigenvalue weighted by Gasteiger charge is 2.57. The molecule has 0 saturated carbocycles. The number of para-hydroxylation sites is 1. The summed E-state index contributed by atoms with van der Waals surface area (Å²) in [7, 11) is 0. The Kier molecular flexibility index (Phi) is 4.51. The molecule has 0 radical (unpaired) electrons. The molecule has 0 aliphatic carbocycles. The van der Waals surface area contributed by atoms with Crippen LogP contribution >= 0.6 is 0 Å². The minimum atomic E-state index is -0.946. The van der Waals surface area contributed by atoms with E-state index < -0.39 is 34.5 Å². The Labute approximate surface area is 181 Å². The van der Waals surface area contributed by atoms with E-state index in [9.17, 15) is 24.1 Å². The number of imide groups is 1. The predicted molar refractivity (Wildman–Crippen MR) is 115 cm³/mol. The number of non-ortho nitro benzene ring substituents is 1. The third-order valence-electron chi connectivity index (χ3n) is 5.51. The number of fused-ring (bicyclic) bond motifs is 1. The smallest absolute Gasteiger partial charge is 0.269 e. The van der Waals surface area contributed by atoms with Crippen LogP contribution < -0.4 is 9.91 Å². The summed E-state index contributed by atoms with van der Waals surface area (Å²) in [6, 6.07) is 18.9. The van der Waals surface area contributed by atoms with Crippen LogP contribution in [0.4, 0.5) is 21.5 Å². The van der Waals surface area contributed by atoms with E-state index in [0.29, 0.717) is 17.0 Å². The van der Waals surface area contributed by atoms with Crippen LogP contribution in [0.25, 0.3) is 0 Å². The number of hydrogen-bond donors (Lipinski definition) is 0. The molecule has 2 unspecified atom stereocenters. The number of nitro groups is 1. The number of nitro benzene ring substituents is 1. The molecule has 1 fully saturated rings. The molecule has 32 heavy (non-hydrogen) atoms. The Bertz CT molecular complexity index is 1280. The Hall–Kier alpha value is -4.40. The lowest BCUT2D eigenvalue weighted by Gasteiger charge is -2.22. The molecule has 0 aromatic heterocycles. The fraction of sp³-hybridized carbons (Fsp3) is 0.0870. The van der Waals surface area contributed by atoms with Crippen molar-refractivity contribution in [3.05, 3.63) is 100 Å². The number of halogens is 1. The van der Waals surface area contributed by atoms with E-state index in [-0.39, 0.29) is 11.4 Å². The van der Waals surface area contributed by atoms with E-state index in [1.807, 2.05) is 6.07 Å². The molecule has 3 aromatic carbocycles. The molecule has 0 N–H and O–H groups in total. The number of rotatable bonds is 4. The van der Waals surface area contributed by atoms with Crippen molar-refractivity contribution in [3.63, 3.8) is 0 Å². The van der Waals surface area contributed by atoms with E-state index in [1.54, 1.807) is 24.3 Å². The van der Waals surface area contributed by atoms with Crippen LogP contribution in [0, 0.1) is 21.8 Å². The molecular formula is C23H15FN4O4. The van der Waals surface area contributed by atoms with Crippen LogP contribution in [0.2, 0.25) is 0 Å². The lowest BCUT2D eigenvalue weighted by Crippen LogP contribution is -2.39. The van der Waals surface area contributed by atoms with Gasteiger partial charge in [-0.25, -0.2) is 9.29 Å². The van der Waals surface area contributed by atoms with Gasteiger partial charge in [0.05, 0.1) is 22.0 Å². The molecular weight excluding hydrogens is 415 g/mol. The first-order chi connectivity index (χ1) is 15.5. The zero-order chi connectivity index (χ0) is 22.4. The van der Waals surface area contributed by atoms with Gasteiger partial charge in [-0.2, -0.15) is 5.10 Å². The summed E-state index contributed by atoms with van der Waals surface area (Å²) in [5.41, 5.74) is 1.48. The van der Waals surface area contributed by atoms with Crippen molar-refractivity contribution >= 4 is 34.6 Å². The molecule has 2 aliphatic heterocycles. The van der Waals surface area contributed by atoms with E-state index in [0.717, 1.165) is 11.0 Å². The third kappa shape index (κ3) is 3.02. The van der Waals surface area contributed by atoms with Gasteiger partial charge in [0.15, 0.2) is 0 Å². The molecule has 9 heteroatoms. The number of carbonyl (C=O) groups is 2. The highest BCUT2D eigenvalue weighted by molar-refractivity contribution is 6.34. The van der Waals surface area contributed by atoms with Crippen LogP contribution in [0.5, 0.6) is 0 Å². The highest BCUT2D eigenvalue weighted by atomic mass is 19.1. The normalized spacial score (nSPS) is 19.8. The van der Waals surface area contributed by atoms with Gasteiger partial charge in [0.1, 0.15) is 17.8 Å². The topological polar surface area (TPSA) is 96.1 Å². The average Bonchev–Trinajstić information content (AvgIpc) is 3.31. The molecule has 2 aliphatic rings. The number of carbonyl (C=O) groups excluding carboxylic acids is 2. The summed E-state index contributed by atoms with van der Waals surface area (Å²) in [4.78, 5) is 38.3. The number of nitrogens with zero attached hydrogens (tertiary/aromatic N) is 4.